The molecule has 3 aromatic rings. The lowest BCUT2D eigenvalue weighted by atomic mass is 9.89. The Labute approximate surface area is 153 Å². The van der Waals surface area contributed by atoms with Crippen LogP contribution >= 0.6 is 15.9 Å². The van der Waals surface area contributed by atoms with E-state index in [-0.39, 0.29) is 5.91 Å². The first-order valence-electron chi connectivity index (χ1n) is 7.97. The molecule has 1 aromatic heterocycles. The Morgan fingerprint density at radius 3 is 2.80 bits per heavy atom. The van der Waals surface area contributed by atoms with Gasteiger partial charge in [-0.05, 0) is 36.1 Å². The van der Waals surface area contributed by atoms with Crippen LogP contribution in [-0.2, 0) is 12.8 Å². The SMILES string of the molecule is O=C(NN=Cc1ccc(Br)cc1)c1[nH]nc2c1CCc1ccccc1-2. The van der Waals surface area contributed by atoms with Gasteiger partial charge in [0.15, 0.2) is 0 Å². The van der Waals surface area contributed by atoms with Crippen LogP contribution in [0.4, 0.5) is 0 Å². The largest absolute Gasteiger partial charge is 0.289 e. The topological polar surface area (TPSA) is 70.1 Å². The fraction of sp³-hybridized carbons (Fsp3) is 0.105. The Hall–Kier alpha value is -2.73. The number of nitrogens with zero attached hydrogens (tertiary/aromatic N) is 2. The van der Waals surface area contributed by atoms with E-state index in [2.05, 4.69) is 42.7 Å². The van der Waals surface area contributed by atoms with Crippen LogP contribution in [0.15, 0.2) is 58.1 Å². The lowest BCUT2D eigenvalue weighted by Crippen LogP contribution is -2.20. The molecule has 0 aliphatic heterocycles. The number of aryl methyl sites for hydroxylation is 1. The molecule has 0 radical (unpaired) electrons. The number of hydrogen-bond acceptors (Lipinski definition) is 3. The molecule has 1 amide bonds. The van der Waals surface area contributed by atoms with Crippen molar-refractivity contribution in [2.45, 2.75) is 12.8 Å². The zero-order chi connectivity index (χ0) is 17.2. The zero-order valence-corrected chi connectivity index (χ0v) is 14.9. The van der Waals surface area contributed by atoms with Crippen LogP contribution in [0.25, 0.3) is 11.3 Å². The first-order valence-corrected chi connectivity index (χ1v) is 8.76. The quantitative estimate of drug-likeness (QED) is 0.525. The van der Waals surface area contributed by atoms with Crippen molar-refractivity contribution in [3.63, 3.8) is 0 Å². The van der Waals surface area contributed by atoms with Gasteiger partial charge in [0.05, 0.1) is 11.9 Å². The molecule has 124 valence electrons. The molecule has 0 spiro atoms. The number of nitrogens with one attached hydrogen (secondary N) is 2. The fourth-order valence-electron chi connectivity index (χ4n) is 3.02. The van der Waals surface area contributed by atoms with Gasteiger partial charge in [-0.2, -0.15) is 10.2 Å². The van der Waals surface area contributed by atoms with Gasteiger partial charge in [0.25, 0.3) is 5.91 Å². The van der Waals surface area contributed by atoms with E-state index in [4.69, 9.17) is 0 Å². The first kappa shape index (κ1) is 15.8. The van der Waals surface area contributed by atoms with Gasteiger partial charge < -0.3 is 0 Å². The van der Waals surface area contributed by atoms with Crippen LogP contribution in [0.1, 0.15) is 27.2 Å². The summed E-state index contributed by atoms with van der Waals surface area (Å²) in [7, 11) is 0. The summed E-state index contributed by atoms with van der Waals surface area (Å²) in [6, 6.07) is 15.8. The van der Waals surface area contributed by atoms with E-state index in [0.717, 1.165) is 39.7 Å². The van der Waals surface area contributed by atoms with Gasteiger partial charge in [-0.25, -0.2) is 5.43 Å². The van der Waals surface area contributed by atoms with E-state index in [9.17, 15) is 4.79 Å². The third-order valence-corrected chi connectivity index (χ3v) is 4.79. The summed E-state index contributed by atoms with van der Waals surface area (Å²) in [6.07, 6.45) is 3.32. The maximum Gasteiger partial charge on any atom is 0.289 e. The van der Waals surface area contributed by atoms with Crippen LogP contribution in [-0.4, -0.2) is 22.3 Å². The number of H-pyrrole nitrogens is 1. The Kier molecular flexibility index (Phi) is 4.19. The maximum absolute atomic E-state index is 12.4. The van der Waals surface area contributed by atoms with Gasteiger partial charge in [-0.1, -0.05) is 52.3 Å². The highest BCUT2D eigenvalue weighted by molar-refractivity contribution is 9.10. The van der Waals surface area contributed by atoms with Crippen molar-refractivity contribution in [3.8, 4) is 11.3 Å². The smallest absolute Gasteiger partial charge is 0.272 e. The second kappa shape index (κ2) is 6.64. The molecule has 2 aromatic carbocycles. The minimum absolute atomic E-state index is 0.276. The minimum Gasteiger partial charge on any atom is -0.272 e. The highest BCUT2D eigenvalue weighted by atomic mass is 79.9. The molecule has 1 aliphatic carbocycles. The van der Waals surface area contributed by atoms with Crippen LogP contribution in [0, 0.1) is 0 Å². The van der Waals surface area contributed by atoms with Crippen molar-refractivity contribution >= 4 is 28.1 Å². The Morgan fingerprint density at radius 2 is 1.96 bits per heavy atom. The number of carbonyl (C=O) groups is 1. The van der Waals surface area contributed by atoms with Gasteiger partial charge in [-0.3, -0.25) is 9.89 Å². The molecule has 4 rings (SSSR count). The van der Waals surface area contributed by atoms with Crippen molar-refractivity contribution in [1.29, 1.82) is 0 Å². The molecule has 5 nitrogen and oxygen atoms in total. The number of carbonyl (C=O) groups excluding carboxylic acids is 1. The van der Waals surface area contributed by atoms with E-state index in [1.54, 1.807) is 6.21 Å². The highest BCUT2D eigenvalue weighted by Crippen LogP contribution is 2.33. The summed E-state index contributed by atoms with van der Waals surface area (Å²) in [5, 5.41) is 11.3. The van der Waals surface area contributed by atoms with E-state index >= 15 is 0 Å². The molecule has 2 N–H and O–H groups in total. The monoisotopic (exact) mass is 394 g/mol. The number of hydrazone groups is 1. The standard InChI is InChI=1S/C19H15BrN4O/c20-14-8-5-12(6-9-14)11-21-24-19(25)18-16-10-7-13-3-1-2-4-15(13)17(16)22-23-18/h1-6,8-9,11H,7,10H2,(H,22,23)(H,24,25). The van der Waals surface area contributed by atoms with E-state index in [1.807, 2.05) is 42.5 Å². The average molecular weight is 395 g/mol. The summed E-state index contributed by atoms with van der Waals surface area (Å²) in [5.74, 6) is -0.276. The number of hydrogen-bond donors (Lipinski definition) is 2. The predicted molar refractivity (Wildman–Crippen MR) is 101 cm³/mol. The first-order chi connectivity index (χ1) is 12.2. The lowest BCUT2D eigenvalue weighted by molar-refractivity contribution is 0.0949. The summed E-state index contributed by atoms with van der Waals surface area (Å²) >= 11 is 3.38. The molecular formula is C19H15BrN4O. The molecule has 0 bridgehead atoms. The van der Waals surface area contributed by atoms with Crippen molar-refractivity contribution in [2.75, 3.05) is 0 Å². The zero-order valence-electron chi connectivity index (χ0n) is 13.3. The number of aromatic nitrogens is 2. The summed E-state index contributed by atoms with van der Waals surface area (Å²) in [4.78, 5) is 12.4. The van der Waals surface area contributed by atoms with Gasteiger partial charge in [0.2, 0.25) is 0 Å². The van der Waals surface area contributed by atoms with Crippen LogP contribution in [0.5, 0.6) is 0 Å². The lowest BCUT2D eigenvalue weighted by Gasteiger charge is -2.15. The number of amides is 1. The molecule has 0 saturated heterocycles. The normalized spacial score (nSPS) is 12.7. The van der Waals surface area contributed by atoms with Crippen molar-refractivity contribution in [2.24, 2.45) is 5.10 Å². The summed E-state index contributed by atoms with van der Waals surface area (Å²) < 4.78 is 0.998. The molecular weight excluding hydrogens is 380 g/mol. The third kappa shape index (κ3) is 3.13. The third-order valence-electron chi connectivity index (χ3n) is 4.26. The van der Waals surface area contributed by atoms with E-state index < -0.39 is 0 Å². The number of halogens is 1. The van der Waals surface area contributed by atoms with Crippen LogP contribution < -0.4 is 5.43 Å². The van der Waals surface area contributed by atoms with Gasteiger partial charge >= 0.3 is 0 Å². The Bertz CT molecular complexity index is 960. The predicted octanol–water partition coefficient (Wildman–Crippen LogP) is 3.70. The second-order valence-electron chi connectivity index (χ2n) is 5.83. The van der Waals surface area contributed by atoms with Crippen LogP contribution in [0.2, 0.25) is 0 Å². The molecule has 25 heavy (non-hydrogen) atoms. The Morgan fingerprint density at radius 1 is 1.16 bits per heavy atom. The molecule has 0 saturated carbocycles. The number of fused-ring (bicyclic) bond motifs is 3. The number of benzene rings is 2. The van der Waals surface area contributed by atoms with Gasteiger partial charge in [0.1, 0.15) is 5.69 Å². The molecule has 0 fully saturated rings. The molecule has 6 heteroatoms. The van der Waals surface area contributed by atoms with E-state index in [0.29, 0.717) is 5.69 Å². The fourth-order valence-corrected chi connectivity index (χ4v) is 3.28. The molecule has 0 atom stereocenters. The van der Waals surface area contributed by atoms with Gasteiger partial charge in [0, 0.05) is 15.6 Å². The molecule has 0 unspecified atom stereocenters. The van der Waals surface area contributed by atoms with Gasteiger partial charge in [-0.15, -0.1) is 0 Å². The van der Waals surface area contributed by atoms with Crippen LogP contribution in [0.3, 0.4) is 0 Å². The Balaban J connectivity index is 1.53. The number of rotatable bonds is 3. The summed E-state index contributed by atoms with van der Waals surface area (Å²) in [6.45, 7) is 0. The van der Waals surface area contributed by atoms with Crippen molar-refractivity contribution < 1.29 is 4.79 Å². The minimum atomic E-state index is -0.276. The molecule has 1 heterocycles. The summed E-state index contributed by atoms with van der Waals surface area (Å²) in [5.41, 5.74) is 8.14. The maximum atomic E-state index is 12.4. The molecule has 1 aliphatic rings. The van der Waals surface area contributed by atoms with Crippen molar-refractivity contribution in [1.82, 2.24) is 15.6 Å². The highest BCUT2D eigenvalue weighted by Gasteiger charge is 2.24. The van der Waals surface area contributed by atoms with Crippen molar-refractivity contribution in [3.05, 3.63) is 75.4 Å². The van der Waals surface area contributed by atoms with E-state index in [1.165, 1.54) is 5.56 Å². The second-order valence-corrected chi connectivity index (χ2v) is 6.75. The average Bonchev–Trinajstić information content (AvgIpc) is 3.08. The number of aromatic amines is 1.